The zero-order valence-electron chi connectivity index (χ0n) is 17.3. The molecule has 172 valence electrons. The summed E-state index contributed by atoms with van der Waals surface area (Å²) in [7, 11) is 2.94. The molecule has 3 aliphatic heterocycles. The van der Waals surface area contributed by atoms with Gasteiger partial charge in [-0.05, 0) is 16.8 Å². The minimum absolute atomic E-state index is 0.0680. The number of nitrogens with zero attached hydrogens (tertiary/aromatic N) is 8. The number of hydrogen-bond acceptors (Lipinski definition) is 12. The second-order valence-corrected chi connectivity index (χ2v) is 9.47. The van der Waals surface area contributed by atoms with Gasteiger partial charge in [0.2, 0.25) is 5.16 Å². The van der Waals surface area contributed by atoms with Crippen LogP contribution in [0.5, 0.6) is 0 Å². The molecule has 3 N–H and O–H groups in total. The minimum Gasteiger partial charge on any atom is -0.477 e. The number of nitrogen functional groups attached to an aromatic ring is 1. The van der Waals surface area contributed by atoms with Gasteiger partial charge in [-0.3, -0.25) is 14.5 Å². The van der Waals surface area contributed by atoms with Crippen LogP contribution in [0, 0.1) is 5.92 Å². The molecule has 0 spiro atoms. The highest BCUT2D eigenvalue weighted by atomic mass is 32.2. The van der Waals surface area contributed by atoms with Gasteiger partial charge >= 0.3 is 5.97 Å². The molecule has 0 unspecified atom stereocenters. The molecule has 0 saturated carbocycles. The Labute approximate surface area is 194 Å². The van der Waals surface area contributed by atoms with Gasteiger partial charge in [0, 0.05) is 29.8 Å². The summed E-state index contributed by atoms with van der Waals surface area (Å²) in [5.74, 6) is -2.37. The maximum absolute atomic E-state index is 13.4. The van der Waals surface area contributed by atoms with Crippen LogP contribution in [0.25, 0.3) is 0 Å². The number of β-lactam (4-membered cyclic amide) rings is 1. The third kappa shape index (κ3) is 3.24. The first-order chi connectivity index (χ1) is 15.8. The normalized spacial score (nSPS) is 24.1. The van der Waals surface area contributed by atoms with Crippen LogP contribution in [0.2, 0.25) is 0 Å². The number of amides is 2. The fraction of sp³-hybridized carbons (Fsp3) is 0.412. The van der Waals surface area contributed by atoms with Gasteiger partial charge in [-0.15, -0.1) is 16.4 Å². The van der Waals surface area contributed by atoms with E-state index in [9.17, 15) is 19.5 Å². The van der Waals surface area contributed by atoms with Crippen LogP contribution in [-0.4, -0.2) is 89.3 Å². The highest BCUT2D eigenvalue weighted by Crippen LogP contribution is 2.50. The number of aliphatic carboxylic acids is 1. The number of nitrogens with two attached hydrogens (primary N) is 1. The molecule has 0 aliphatic carbocycles. The number of aromatic nitrogens is 5. The number of carboxylic acid groups (broad SMARTS) is 1. The number of tetrazole rings is 1. The van der Waals surface area contributed by atoms with Crippen LogP contribution in [0.1, 0.15) is 12.1 Å². The quantitative estimate of drug-likeness (QED) is 0.291. The average Bonchev–Trinajstić information content (AvgIpc) is 3.48. The van der Waals surface area contributed by atoms with Crippen LogP contribution >= 0.6 is 23.1 Å². The molecule has 16 heteroatoms. The fourth-order valence-electron chi connectivity index (χ4n) is 4.43. The fourth-order valence-corrected chi connectivity index (χ4v) is 6.02. The Morgan fingerprint density at radius 1 is 1.42 bits per heavy atom. The number of aryl methyl sites for hydroxylation is 1. The molecule has 33 heavy (non-hydrogen) atoms. The van der Waals surface area contributed by atoms with Gasteiger partial charge in [0.25, 0.3) is 11.8 Å². The van der Waals surface area contributed by atoms with E-state index in [-0.39, 0.29) is 34.7 Å². The first-order valence-corrected chi connectivity index (χ1v) is 11.3. The van der Waals surface area contributed by atoms with Crippen LogP contribution in [0.4, 0.5) is 5.13 Å². The van der Waals surface area contributed by atoms with Crippen molar-refractivity contribution >= 4 is 51.7 Å². The molecule has 3 aliphatic rings. The van der Waals surface area contributed by atoms with Gasteiger partial charge in [0.15, 0.2) is 10.8 Å². The Bertz CT molecular complexity index is 1240. The van der Waals surface area contributed by atoms with Crippen molar-refractivity contribution in [2.45, 2.75) is 23.7 Å². The van der Waals surface area contributed by atoms with Crippen molar-refractivity contribution in [2.24, 2.45) is 18.1 Å². The monoisotopic (exact) mass is 491 g/mol. The molecule has 2 aromatic rings. The Hall–Kier alpha value is -3.53. The number of thioether (sulfide) groups is 1. The van der Waals surface area contributed by atoms with E-state index in [0.29, 0.717) is 16.5 Å². The molecule has 0 radical (unpaired) electrons. The van der Waals surface area contributed by atoms with E-state index in [1.807, 2.05) is 0 Å². The average molecular weight is 492 g/mol. The lowest BCUT2D eigenvalue weighted by Gasteiger charge is -2.49. The summed E-state index contributed by atoms with van der Waals surface area (Å²) in [4.78, 5) is 50.6. The second-order valence-electron chi connectivity index (χ2n) is 7.52. The second kappa shape index (κ2) is 7.80. The van der Waals surface area contributed by atoms with Gasteiger partial charge in [-0.25, -0.2) is 14.5 Å². The number of likely N-dealkylation sites (tertiary alicyclic amines) is 1. The Kier molecular flexibility index (Phi) is 5.04. The Morgan fingerprint density at radius 2 is 2.21 bits per heavy atom. The van der Waals surface area contributed by atoms with Gasteiger partial charge in [0.1, 0.15) is 24.5 Å². The first kappa shape index (κ1) is 21.3. The number of hydrogen-bond donors (Lipinski definition) is 2. The number of rotatable bonds is 6. The van der Waals surface area contributed by atoms with E-state index in [4.69, 9.17) is 10.6 Å². The molecular formula is C17H17N9O5S2. The molecule has 2 saturated heterocycles. The molecule has 5 rings (SSSR count). The van der Waals surface area contributed by atoms with Crippen molar-refractivity contribution in [3.8, 4) is 0 Å². The number of thiazole rings is 1. The SMILES string of the molecule is CO/N=C(\C(=O)N1C[C@H]2CC(Sc3nnnn3C)=C(C(=O)O)N3C(=O)[C@@H]1[C@@H]23)c1csc(N)n1. The Balaban J connectivity index is 1.46. The maximum Gasteiger partial charge on any atom is 0.353 e. The molecule has 3 atom stereocenters. The summed E-state index contributed by atoms with van der Waals surface area (Å²) < 4.78 is 1.42. The first-order valence-electron chi connectivity index (χ1n) is 9.65. The number of carbonyl (C=O) groups excluding carboxylic acids is 2. The highest BCUT2D eigenvalue weighted by molar-refractivity contribution is 8.03. The lowest BCUT2D eigenvalue weighted by molar-refractivity contribution is -0.158. The predicted molar refractivity (Wildman–Crippen MR) is 114 cm³/mol. The van der Waals surface area contributed by atoms with Crippen molar-refractivity contribution in [1.82, 2.24) is 35.0 Å². The zero-order chi connectivity index (χ0) is 23.4. The van der Waals surface area contributed by atoms with E-state index in [2.05, 4.69) is 25.7 Å². The van der Waals surface area contributed by atoms with Crippen molar-refractivity contribution in [2.75, 3.05) is 19.4 Å². The van der Waals surface area contributed by atoms with E-state index in [1.165, 1.54) is 21.6 Å². The van der Waals surface area contributed by atoms with Crippen molar-refractivity contribution in [3.63, 3.8) is 0 Å². The smallest absolute Gasteiger partial charge is 0.353 e. The molecular weight excluding hydrogens is 474 g/mol. The maximum atomic E-state index is 13.4. The van der Waals surface area contributed by atoms with E-state index in [0.717, 1.165) is 23.1 Å². The van der Waals surface area contributed by atoms with Crippen molar-refractivity contribution < 1.29 is 24.3 Å². The van der Waals surface area contributed by atoms with E-state index in [1.54, 1.807) is 12.4 Å². The zero-order valence-corrected chi connectivity index (χ0v) is 18.9. The van der Waals surface area contributed by atoms with Gasteiger partial charge in [-0.2, -0.15) is 0 Å². The summed E-state index contributed by atoms with van der Waals surface area (Å²) in [5, 5.41) is 27.1. The van der Waals surface area contributed by atoms with Gasteiger partial charge < -0.3 is 20.6 Å². The van der Waals surface area contributed by atoms with Gasteiger partial charge in [0.05, 0.1) is 6.04 Å². The molecule has 0 aromatic carbocycles. The minimum atomic E-state index is -1.22. The number of anilines is 1. The lowest BCUT2D eigenvalue weighted by Crippen LogP contribution is -2.69. The predicted octanol–water partition coefficient (Wildman–Crippen LogP) is -0.871. The van der Waals surface area contributed by atoms with Crippen molar-refractivity contribution in [1.29, 1.82) is 0 Å². The molecule has 2 fully saturated rings. The summed E-state index contributed by atoms with van der Waals surface area (Å²) in [5.41, 5.74) is 5.77. The number of oxime groups is 1. The number of allylic oxidation sites excluding steroid dienone is 1. The van der Waals surface area contributed by atoms with Crippen LogP contribution in [0.15, 0.2) is 26.3 Å². The third-order valence-electron chi connectivity index (χ3n) is 5.72. The summed E-state index contributed by atoms with van der Waals surface area (Å²) in [6.45, 7) is 0.243. The molecule has 5 heterocycles. The molecule has 14 nitrogen and oxygen atoms in total. The highest BCUT2D eigenvalue weighted by Gasteiger charge is 2.64. The summed E-state index contributed by atoms with van der Waals surface area (Å²) in [6, 6.07) is -1.21. The molecule has 2 amide bonds. The standard InChI is InChI=1S/C17H17N9O5S2/c1-24-17(20-22-23-24)33-8-3-6-4-25(12-10(6)26(14(12)28)11(8)15(29)30)13(27)9(21-31-2)7-5-32-16(18)19-7/h5-6,10,12H,3-4H2,1-2H3,(H2,18,19)(H,29,30)/b21-9-/t6-,10-,12+/m1/s1. The summed E-state index contributed by atoms with van der Waals surface area (Å²) in [6.07, 6.45) is 0.355. The van der Waals surface area contributed by atoms with Crippen molar-refractivity contribution in [3.05, 3.63) is 21.7 Å². The summed E-state index contributed by atoms with van der Waals surface area (Å²) >= 11 is 2.25. The van der Waals surface area contributed by atoms with E-state index >= 15 is 0 Å². The Morgan fingerprint density at radius 3 is 2.82 bits per heavy atom. The lowest BCUT2D eigenvalue weighted by atomic mass is 9.82. The molecule has 0 bridgehead atoms. The largest absolute Gasteiger partial charge is 0.477 e. The van der Waals surface area contributed by atoms with Crippen LogP contribution < -0.4 is 5.73 Å². The van der Waals surface area contributed by atoms with Crippen LogP contribution in [-0.2, 0) is 26.3 Å². The topological polar surface area (TPSA) is 182 Å². The third-order valence-corrected chi connectivity index (χ3v) is 7.53. The number of carboxylic acids is 1. The van der Waals surface area contributed by atoms with E-state index < -0.39 is 29.9 Å². The van der Waals surface area contributed by atoms with Gasteiger partial charge in [-0.1, -0.05) is 16.9 Å². The van der Waals surface area contributed by atoms with Crippen LogP contribution in [0.3, 0.4) is 0 Å². The molecule has 2 aromatic heterocycles. The number of carbonyl (C=O) groups is 3.